The first-order chi connectivity index (χ1) is 10.1. The van der Waals surface area contributed by atoms with Crippen molar-refractivity contribution in [2.24, 2.45) is 0 Å². The zero-order valence-corrected chi connectivity index (χ0v) is 13.4. The second-order valence-corrected chi connectivity index (χ2v) is 5.38. The number of methoxy groups -OCH3 is 1. The summed E-state index contributed by atoms with van der Waals surface area (Å²) in [5, 5.41) is 6.03. The molecule has 110 valence electrons. The fraction of sp³-hybridized carbons (Fsp3) is 0.200. The number of benzene rings is 1. The third kappa shape index (κ3) is 4.46. The third-order valence-corrected chi connectivity index (χ3v) is 3.20. The van der Waals surface area contributed by atoms with Gasteiger partial charge in [0, 0.05) is 36.0 Å². The molecule has 1 aromatic heterocycles. The van der Waals surface area contributed by atoms with E-state index >= 15 is 0 Å². The Bertz CT molecular complexity index is 647. The molecule has 2 rings (SSSR count). The Morgan fingerprint density at radius 3 is 2.81 bits per heavy atom. The van der Waals surface area contributed by atoms with Crippen molar-refractivity contribution in [2.75, 3.05) is 17.7 Å². The number of nitrogens with zero attached hydrogens (tertiary/aromatic N) is 1. The molecule has 0 fully saturated rings. The Kier molecular flexibility index (Phi) is 5.16. The van der Waals surface area contributed by atoms with Crippen molar-refractivity contribution in [3.8, 4) is 5.75 Å². The van der Waals surface area contributed by atoms with Gasteiger partial charge in [-0.25, -0.2) is 0 Å². The summed E-state index contributed by atoms with van der Waals surface area (Å²) in [6.45, 7) is 2.08. The van der Waals surface area contributed by atoms with Gasteiger partial charge in [0.05, 0.1) is 12.8 Å². The molecule has 0 atom stereocenters. The highest BCUT2D eigenvalue weighted by Gasteiger charge is 2.05. The molecule has 0 unspecified atom stereocenters. The SMILES string of the molecule is COc1ccc(NC(C)=O)cc1NCc1cncc(Br)c1. The highest BCUT2D eigenvalue weighted by molar-refractivity contribution is 9.10. The number of anilines is 2. The van der Waals surface area contributed by atoms with Crippen molar-refractivity contribution < 1.29 is 9.53 Å². The van der Waals surface area contributed by atoms with E-state index in [-0.39, 0.29) is 5.91 Å². The molecular weight excluding hydrogens is 334 g/mol. The van der Waals surface area contributed by atoms with Crippen LogP contribution in [0.15, 0.2) is 41.1 Å². The average Bonchev–Trinajstić information content (AvgIpc) is 2.45. The van der Waals surface area contributed by atoms with Crippen LogP contribution >= 0.6 is 15.9 Å². The number of aromatic nitrogens is 1. The van der Waals surface area contributed by atoms with Gasteiger partial charge in [0.1, 0.15) is 5.75 Å². The molecule has 0 aliphatic rings. The van der Waals surface area contributed by atoms with E-state index in [2.05, 4.69) is 31.5 Å². The van der Waals surface area contributed by atoms with E-state index < -0.39 is 0 Å². The molecule has 2 N–H and O–H groups in total. The van der Waals surface area contributed by atoms with E-state index in [4.69, 9.17) is 4.74 Å². The first kappa shape index (κ1) is 15.3. The number of hydrogen-bond donors (Lipinski definition) is 2. The maximum atomic E-state index is 11.1. The summed E-state index contributed by atoms with van der Waals surface area (Å²) in [5.41, 5.74) is 2.57. The number of amides is 1. The second-order valence-electron chi connectivity index (χ2n) is 4.46. The summed E-state index contributed by atoms with van der Waals surface area (Å²) in [4.78, 5) is 15.2. The largest absolute Gasteiger partial charge is 0.495 e. The molecule has 21 heavy (non-hydrogen) atoms. The van der Waals surface area contributed by atoms with Crippen molar-refractivity contribution in [3.63, 3.8) is 0 Å². The Morgan fingerprint density at radius 2 is 2.14 bits per heavy atom. The minimum absolute atomic E-state index is 0.109. The molecule has 0 saturated carbocycles. The standard InChI is InChI=1S/C15H16BrN3O2/c1-10(20)19-13-3-4-15(21-2)14(6-13)18-8-11-5-12(16)9-17-7-11/h3-7,9,18H,8H2,1-2H3,(H,19,20). The smallest absolute Gasteiger partial charge is 0.221 e. The van der Waals surface area contributed by atoms with E-state index in [9.17, 15) is 4.79 Å². The number of carbonyl (C=O) groups excluding carboxylic acids is 1. The number of halogens is 1. The zero-order chi connectivity index (χ0) is 15.2. The summed E-state index contributed by atoms with van der Waals surface area (Å²) < 4.78 is 6.25. The van der Waals surface area contributed by atoms with E-state index in [0.717, 1.165) is 21.4 Å². The van der Waals surface area contributed by atoms with E-state index in [1.165, 1.54) is 6.92 Å². The fourth-order valence-electron chi connectivity index (χ4n) is 1.88. The van der Waals surface area contributed by atoms with Gasteiger partial charge in [0.15, 0.2) is 0 Å². The Balaban J connectivity index is 2.15. The van der Waals surface area contributed by atoms with Crippen LogP contribution in [0.5, 0.6) is 5.75 Å². The molecule has 1 heterocycles. The lowest BCUT2D eigenvalue weighted by Gasteiger charge is -2.13. The van der Waals surface area contributed by atoms with Crippen molar-refractivity contribution in [3.05, 3.63) is 46.7 Å². The van der Waals surface area contributed by atoms with Crippen molar-refractivity contribution in [1.29, 1.82) is 0 Å². The Labute approximate surface area is 131 Å². The van der Waals surface area contributed by atoms with Gasteiger partial charge in [0.25, 0.3) is 0 Å². The quantitative estimate of drug-likeness (QED) is 0.867. The number of carbonyl (C=O) groups is 1. The molecule has 0 aliphatic heterocycles. The number of nitrogens with one attached hydrogen (secondary N) is 2. The fourth-order valence-corrected chi connectivity index (χ4v) is 2.29. The predicted molar refractivity (Wildman–Crippen MR) is 86.6 cm³/mol. The topological polar surface area (TPSA) is 63.2 Å². The van der Waals surface area contributed by atoms with E-state index in [1.807, 2.05) is 18.2 Å². The van der Waals surface area contributed by atoms with Gasteiger partial charge in [-0.3, -0.25) is 9.78 Å². The molecule has 0 aliphatic carbocycles. The number of ether oxygens (including phenoxy) is 1. The maximum Gasteiger partial charge on any atom is 0.221 e. The molecule has 5 nitrogen and oxygen atoms in total. The lowest BCUT2D eigenvalue weighted by atomic mass is 10.2. The lowest BCUT2D eigenvalue weighted by molar-refractivity contribution is -0.114. The van der Waals surface area contributed by atoms with Gasteiger partial charge in [-0.15, -0.1) is 0 Å². The predicted octanol–water partition coefficient (Wildman–Crippen LogP) is 3.42. The van der Waals surface area contributed by atoms with Gasteiger partial charge in [-0.2, -0.15) is 0 Å². The van der Waals surface area contributed by atoms with E-state index in [0.29, 0.717) is 12.3 Å². The minimum Gasteiger partial charge on any atom is -0.495 e. The molecular formula is C15H16BrN3O2. The van der Waals surface area contributed by atoms with Crippen LogP contribution in [0, 0.1) is 0 Å². The highest BCUT2D eigenvalue weighted by atomic mass is 79.9. The molecule has 0 saturated heterocycles. The maximum absolute atomic E-state index is 11.1. The number of rotatable bonds is 5. The third-order valence-electron chi connectivity index (χ3n) is 2.76. The van der Waals surface area contributed by atoms with E-state index in [1.54, 1.807) is 25.6 Å². The van der Waals surface area contributed by atoms with Crippen LogP contribution in [-0.2, 0) is 11.3 Å². The molecule has 0 bridgehead atoms. The minimum atomic E-state index is -0.109. The van der Waals surface area contributed by atoms with Crippen LogP contribution in [0.3, 0.4) is 0 Å². The molecule has 0 spiro atoms. The second kappa shape index (κ2) is 7.08. The number of pyridine rings is 1. The molecule has 1 amide bonds. The molecule has 6 heteroatoms. The van der Waals surface area contributed by atoms with Crippen LogP contribution < -0.4 is 15.4 Å². The van der Waals surface area contributed by atoms with Crippen LogP contribution in [0.2, 0.25) is 0 Å². The van der Waals surface area contributed by atoms with Crippen LogP contribution in [0.1, 0.15) is 12.5 Å². The van der Waals surface area contributed by atoms with Crippen LogP contribution in [-0.4, -0.2) is 18.0 Å². The van der Waals surface area contributed by atoms with Crippen molar-refractivity contribution in [1.82, 2.24) is 4.98 Å². The average molecular weight is 350 g/mol. The first-order valence-corrected chi connectivity index (χ1v) is 7.16. The van der Waals surface area contributed by atoms with Gasteiger partial charge in [0.2, 0.25) is 5.91 Å². The monoisotopic (exact) mass is 349 g/mol. The summed E-state index contributed by atoms with van der Waals surface area (Å²) in [5.74, 6) is 0.606. The van der Waals surface area contributed by atoms with Crippen molar-refractivity contribution in [2.45, 2.75) is 13.5 Å². The van der Waals surface area contributed by atoms with Gasteiger partial charge in [-0.05, 0) is 45.8 Å². The summed E-state index contributed by atoms with van der Waals surface area (Å²) in [6.07, 6.45) is 3.53. The van der Waals surface area contributed by atoms with Gasteiger partial charge < -0.3 is 15.4 Å². The molecule has 1 aromatic carbocycles. The van der Waals surface area contributed by atoms with Gasteiger partial charge >= 0.3 is 0 Å². The van der Waals surface area contributed by atoms with Crippen LogP contribution in [0.4, 0.5) is 11.4 Å². The zero-order valence-electron chi connectivity index (χ0n) is 11.8. The normalized spacial score (nSPS) is 10.0. The molecule has 0 radical (unpaired) electrons. The summed E-state index contributed by atoms with van der Waals surface area (Å²) in [7, 11) is 1.61. The van der Waals surface area contributed by atoms with Crippen molar-refractivity contribution >= 4 is 33.2 Å². The Morgan fingerprint density at radius 1 is 1.33 bits per heavy atom. The summed E-state index contributed by atoms with van der Waals surface area (Å²) >= 11 is 3.39. The van der Waals surface area contributed by atoms with Gasteiger partial charge in [-0.1, -0.05) is 0 Å². The summed E-state index contributed by atoms with van der Waals surface area (Å²) in [6, 6.07) is 7.44. The van der Waals surface area contributed by atoms with Crippen LogP contribution in [0.25, 0.3) is 0 Å². The first-order valence-electron chi connectivity index (χ1n) is 6.37. The Hall–Kier alpha value is -2.08. The lowest BCUT2D eigenvalue weighted by Crippen LogP contribution is -2.07. The molecule has 2 aromatic rings. The highest BCUT2D eigenvalue weighted by Crippen LogP contribution is 2.28. The number of hydrogen-bond acceptors (Lipinski definition) is 4.